The van der Waals surface area contributed by atoms with E-state index < -0.39 is 0 Å². The van der Waals surface area contributed by atoms with E-state index in [9.17, 15) is 4.79 Å². The Hall–Kier alpha value is -0.570. The number of benzene rings is 1. The van der Waals surface area contributed by atoms with Crippen molar-refractivity contribution in [1.82, 2.24) is 0 Å². The fraction of sp³-hybridized carbons (Fsp3) is 0.667. The molecule has 0 saturated heterocycles. The van der Waals surface area contributed by atoms with E-state index in [1.54, 1.807) is 0 Å². The molecule has 166 valence electrons. The number of hydrogen-bond donors (Lipinski definition) is 1. The number of hydrogen-bond acceptors (Lipinski definition) is 1. The van der Waals surface area contributed by atoms with E-state index in [0.29, 0.717) is 0 Å². The van der Waals surface area contributed by atoms with Crippen molar-refractivity contribution < 1.29 is 4.79 Å². The fourth-order valence-corrected chi connectivity index (χ4v) is 3.91. The molecule has 0 aliphatic rings. The number of carbonyl (C=O) groups excluding carboxylic acids is 1. The van der Waals surface area contributed by atoms with Gasteiger partial charge in [0, 0.05) is 5.69 Å². The van der Waals surface area contributed by atoms with Crippen molar-refractivity contribution in [2.24, 2.45) is 0 Å². The molecule has 2 nitrogen and oxygen atoms in total. The van der Waals surface area contributed by atoms with Gasteiger partial charge in [0.05, 0.1) is 0 Å². The SMILES string of the molecule is C=CC(=O)Nc1ccccc1CCCCCCCCCCCCCCCCCC.[NaH]. The molecular formula is C27H46NNaO. The molecule has 0 aromatic heterocycles. The van der Waals surface area contributed by atoms with Crippen LogP contribution in [0.3, 0.4) is 0 Å². The van der Waals surface area contributed by atoms with Crippen LogP contribution in [0, 0.1) is 0 Å². The van der Waals surface area contributed by atoms with Crippen LogP contribution >= 0.6 is 0 Å². The van der Waals surface area contributed by atoms with Crippen LogP contribution in [0.25, 0.3) is 0 Å². The number of para-hydroxylation sites is 1. The number of rotatable bonds is 19. The van der Waals surface area contributed by atoms with Gasteiger partial charge in [-0.3, -0.25) is 4.79 Å². The van der Waals surface area contributed by atoms with E-state index in [1.807, 2.05) is 18.2 Å². The first-order valence-corrected chi connectivity index (χ1v) is 12.3. The van der Waals surface area contributed by atoms with Crippen LogP contribution in [-0.2, 0) is 11.2 Å². The Bertz CT molecular complexity index is 543. The van der Waals surface area contributed by atoms with Gasteiger partial charge in [-0.05, 0) is 30.5 Å². The van der Waals surface area contributed by atoms with Crippen molar-refractivity contribution in [3.63, 3.8) is 0 Å². The van der Waals surface area contributed by atoms with Crippen LogP contribution in [0.15, 0.2) is 36.9 Å². The van der Waals surface area contributed by atoms with Crippen LogP contribution in [0.1, 0.15) is 115 Å². The zero-order valence-corrected chi connectivity index (χ0v) is 19.0. The van der Waals surface area contributed by atoms with Gasteiger partial charge in [0.2, 0.25) is 5.91 Å². The molecule has 0 heterocycles. The van der Waals surface area contributed by atoms with E-state index in [0.717, 1.165) is 12.1 Å². The normalized spacial score (nSPS) is 10.4. The molecule has 1 rings (SSSR count). The summed E-state index contributed by atoms with van der Waals surface area (Å²) in [6.07, 6.45) is 24.6. The summed E-state index contributed by atoms with van der Waals surface area (Å²) in [5, 5.41) is 2.91. The van der Waals surface area contributed by atoms with Crippen LogP contribution in [0.4, 0.5) is 5.69 Å². The molecule has 0 aliphatic carbocycles. The monoisotopic (exact) mass is 423 g/mol. The number of nitrogens with one attached hydrogen (secondary N) is 1. The van der Waals surface area contributed by atoms with Crippen molar-refractivity contribution in [1.29, 1.82) is 0 Å². The van der Waals surface area contributed by atoms with Crippen molar-refractivity contribution in [3.8, 4) is 0 Å². The Kier molecular flexibility index (Phi) is 21.2. The molecule has 0 fully saturated rings. The predicted molar refractivity (Wildman–Crippen MR) is 136 cm³/mol. The second kappa shape index (κ2) is 21.7. The Morgan fingerprint density at radius 1 is 0.767 bits per heavy atom. The quantitative estimate of drug-likeness (QED) is 0.136. The molecule has 3 heteroatoms. The molecule has 1 aromatic carbocycles. The number of aryl methyl sites for hydroxylation is 1. The Morgan fingerprint density at radius 3 is 1.67 bits per heavy atom. The van der Waals surface area contributed by atoms with E-state index in [4.69, 9.17) is 0 Å². The molecule has 0 bridgehead atoms. The molecule has 0 atom stereocenters. The summed E-state index contributed by atoms with van der Waals surface area (Å²) in [6.45, 7) is 5.81. The van der Waals surface area contributed by atoms with Gasteiger partial charge in [-0.1, -0.05) is 128 Å². The third-order valence-corrected chi connectivity index (χ3v) is 5.76. The number of carbonyl (C=O) groups is 1. The predicted octanol–water partition coefficient (Wildman–Crippen LogP) is 7.97. The average Bonchev–Trinajstić information content (AvgIpc) is 2.74. The summed E-state index contributed by atoms with van der Waals surface area (Å²) in [6, 6.07) is 8.11. The fourth-order valence-electron chi connectivity index (χ4n) is 3.91. The molecular weight excluding hydrogens is 377 g/mol. The summed E-state index contributed by atoms with van der Waals surface area (Å²) < 4.78 is 0. The zero-order valence-electron chi connectivity index (χ0n) is 19.0. The summed E-state index contributed by atoms with van der Waals surface area (Å²) in [5.41, 5.74) is 2.16. The number of amides is 1. The third-order valence-electron chi connectivity index (χ3n) is 5.76. The third kappa shape index (κ3) is 16.2. The number of anilines is 1. The molecule has 0 aliphatic heterocycles. The maximum absolute atomic E-state index is 11.5. The first-order valence-electron chi connectivity index (χ1n) is 12.3. The molecule has 0 unspecified atom stereocenters. The number of unbranched alkanes of at least 4 members (excludes halogenated alkanes) is 15. The summed E-state index contributed by atoms with van der Waals surface area (Å²) in [7, 11) is 0. The van der Waals surface area contributed by atoms with Gasteiger partial charge in [-0.2, -0.15) is 0 Å². The maximum atomic E-state index is 11.5. The second-order valence-electron chi connectivity index (χ2n) is 8.40. The Labute approximate surface area is 209 Å². The van der Waals surface area contributed by atoms with Gasteiger partial charge in [-0.25, -0.2) is 0 Å². The zero-order chi connectivity index (χ0) is 21.0. The van der Waals surface area contributed by atoms with Gasteiger partial charge >= 0.3 is 29.6 Å². The van der Waals surface area contributed by atoms with Crippen molar-refractivity contribution in [2.45, 2.75) is 116 Å². The van der Waals surface area contributed by atoms with E-state index >= 15 is 0 Å². The van der Waals surface area contributed by atoms with Gasteiger partial charge in [0.25, 0.3) is 0 Å². The molecule has 0 saturated carbocycles. The van der Waals surface area contributed by atoms with Crippen LogP contribution in [0.2, 0.25) is 0 Å². The first kappa shape index (κ1) is 29.4. The van der Waals surface area contributed by atoms with Crippen molar-refractivity contribution in [2.75, 3.05) is 5.32 Å². The average molecular weight is 424 g/mol. The van der Waals surface area contributed by atoms with E-state index in [-0.39, 0.29) is 35.5 Å². The molecule has 0 spiro atoms. The molecule has 30 heavy (non-hydrogen) atoms. The van der Waals surface area contributed by atoms with Gasteiger partial charge in [-0.15, -0.1) is 0 Å². The van der Waals surface area contributed by atoms with Gasteiger partial charge in [0.15, 0.2) is 0 Å². The van der Waals surface area contributed by atoms with Crippen LogP contribution in [-0.4, -0.2) is 35.5 Å². The summed E-state index contributed by atoms with van der Waals surface area (Å²) in [4.78, 5) is 11.5. The summed E-state index contributed by atoms with van der Waals surface area (Å²) >= 11 is 0. The van der Waals surface area contributed by atoms with Crippen LogP contribution in [0.5, 0.6) is 0 Å². The Morgan fingerprint density at radius 2 is 1.20 bits per heavy atom. The second-order valence-corrected chi connectivity index (χ2v) is 8.40. The van der Waals surface area contributed by atoms with Gasteiger partial charge in [0.1, 0.15) is 0 Å². The van der Waals surface area contributed by atoms with Crippen LogP contribution < -0.4 is 5.32 Å². The van der Waals surface area contributed by atoms with Crippen molar-refractivity contribution >= 4 is 41.2 Å². The van der Waals surface area contributed by atoms with E-state index in [1.165, 1.54) is 114 Å². The van der Waals surface area contributed by atoms with E-state index in [2.05, 4.69) is 24.9 Å². The topological polar surface area (TPSA) is 29.1 Å². The minimum atomic E-state index is -0.135. The Balaban J connectivity index is 0.00000841. The van der Waals surface area contributed by atoms with Crippen molar-refractivity contribution in [3.05, 3.63) is 42.5 Å². The standard InChI is InChI=1S/C27H45NO.Na.H/c1-3-5-6-7-8-9-10-11-12-13-14-15-16-17-18-19-22-25-23-20-21-24-26(25)28-27(29)4-2;;/h4,20-21,23-24H,2-3,5-19,22H2,1H3,(H,28,29);;. The first-order chi connectivity index (χ1) is 14.3. The summed E-state index contributed by atoms with van der Waals surface area (Å²) in [5.74, 6) is -0.135. The molecule has 1 amide bonds. The molecule has 1 aromatic rings. The molecule has 0 radical (unpaired) electrons. The minimum absolute atomic E-state index is 0. The van der Waals surface area contributed by atoms with Gasteiger partial charge < -0.3 is 5.32 Å². The molecule has 1 N–H and O–H groups in total.